The van der Waals surface area contributed by atoms with Gasteiger partial charge in [-0.2, -0.15) is 0 Å². The zero-order valence-corrected chi connectivity index (χ0v) is 13.9. The summed E-state index contributed by atoms with van der Waals surface area (Å²) in [5.74, 6) is 0. The molecule has 0 aliphatic carbocycles. The number of allylic oxidation sites excluding steroid dienone is 1. The van der Waals surface area contributed by atoms with Crippen LogP contribution in [0.3, 0.4) is 0 Å². The van der Waals surface area contributed by atoms with Crippen molar-refractivity contribution in [1.29, 1.82) is 0 Å². The van der Waals surface area contributed by atoms with Crippen molar-refractivity contribution in [2.24, 2.45) is 0 Å². The van der Waals surface area contributed by atoms with Crippen molar-refractivity contribution in [3.05, 3.63) is 12.7 Å². The molecule has 0 aromatic carbocycles. The van der Waals surface area contributed by atoms with Gasteiger partial charge in [0.1, 0.15) is 0 Å². The topological polar surface area (TPSA) is 25.1 Å². The SMILES string of the molecule is C=CCCCCCCC[C@@H]1O[C@@H]1C[C@H]1O[C@H]1CCCCC. The third-order valence-corrected chi connectivity index (χ3v) is 4.83. The van der Waals surface area contributed by atoms with Crippen LogP contribution in [0.25, 0.3) is 0 Å². The highest BCUT2D eigenvalue weighted by atomic mass is 16.6. The van der Waals surface area contributed by atoms with Crippen LogP contribution in [0, 0.1) is 0 Å². The van der Waals surface area contributed by atoms with Gasteiger partial charge in [-0.05, 0) is 25.7 Å². The minimum Gasteiger partial charge on any atom is -0.369 e. The van der Waals surface area contributed by atoms with Crippen LogP contribution in [0.2, 0.25) is 0 Å². The molecule has 2 aliphatic rings. The lowest BCUT2D eigenvalue weighted by Crippen LogP contribution is -2.02. The van der Waals surface area contributed by atoms with E-state index >= 15 is 0 Å². The Morgan fingerprint density at radius 1 is 0.762 bits per heavy atom. The van der Waals surface area contributed by atoms with E-state index in [0.717, 1.165) is 6.42 Å². The van der Waals surface area contributed by atoms with Crippen molar-refractivity contribution in [1.82, 2.24) is 0 Å². The van der Waals surface area contributed by atoms with Gasteiger partial charge in [0.2, 0.25) is 0 Å². The Bertz CT molecular complexity index is 289. The van der Waals surface area contributed by atoms with Crippen LogP contribution in [0.1, 0.15) is 84.0 Å². The summed E-state index contributed by atoms with van der Waals surface area (Å²) in [6.07, 6.45) is 19.8. The van der Waals surface area contributed by atoms with Gasteiger partial charge in [0.15, 0.2) is 0 Å². The van der Waals surface area contributed by atoms with E-state index < -0.39 is 0 Å². The summed E-state index contributed by atoms with van der Waals surface area (Å²) in [6.45, 7) is 6.02. The summed E-state index contributed by atoms with van der Waals surface area (Å²) in [7, 11) is 0. The molecule has 2 saturated heterocycles. The summed E-state index contributed by atoms with van der Waals surface area (Å²) in [4.78, 5) is 0. The summed E-state index contributed by atoms with van der Waals surface area (Å²) in [5, 5.41) is 0. The molecule has 0 aromatic rings. The molecule has 2 heterocycles. The Morgan fingerprint density at radius 2 is 1.33 bits per heavy atom. The first-order valence-corrected chi connectivity index (χ1v) is 9.27. The minimum atomic E-state index is 0.520. The van der Waals surface area contributed by atoms with Crippen LogP contribution >= 0.6 is 0 Å². The number of ether oxygens (including phenoxy) is 2. The van der Waals surface area contributed by atoms with Crippen LogP contribution < -0.4 is 0 Å². The molecule has 21 heavy (non-hydrogen) atoms. The second-order valence-electron chi connectivity index (χ2n) is 6.79. The Kier molecular flexibility index (Phi) is 7.81. The molecule has 0 bridgehead atoms. The van der Waals surface area contributed by atoms with Crippen molar-refractivity contribution in [2.45, 2.75) is 108 Å². The van der Waals surface area contributed by atoms with E-state index in [4.69, 9.17) is 9.47 Å². The Balaban J connectivity index is 1.37. The van der Waals surface area contributed by atoms with E-state index in [2.05, 4.69) is 13.5 Å². The van der Waals surface area contributed by atoms with Crippen LogP contribution in [0.4, 0.5) is 0 Å². The maximum absolute atomic E-state index is 5.79. The van der Waals surface area contributed by atoms with Gasteiger partial charge < -0.3 is 9.47 Å². The quantitative estimate of drug-likeness (QED) is 0.243. The average Bonchev–Trinajstić information content (AvgIpc) is 3.39. The molecule has 0 aromatic heterocycles. The molecule has 2 fully saturated rings. The number of rotatable bonds is 14. The lowest BCUT2D eigenvalue weighted by Gasteiger charge is -1.99. The first-order valence-electron chi connectivity index (χ1n) is 9.27. The smallest absolute Gasteiger partial charge is 0.0867 e. The van der Waals surface area contributed by atoms with Gasteiger partial charge in [-0.15, -0.1) is 6.58 Å². The van der Waals surface area contributed by atoms with Gasteiger partial charge >= 0.3 is 0 Å². The second kappa shape index (κ2) is 9.63. The fourth-order valence-corrected chi connectivity index (χ4v) is 3.27. The lowest BCUT2D eigenvalue weighted by atomic mass is 10.0. The van der Waals surface area contributed by atoms with Crippen LogP contribution in [0.15, 0.2) is 12.7 Å². The van der Waals surface area contributed by atoms with Crippen molar-refractivity contribution in [2.75, 3.05) is 0 Å². The monoisotopic (exact) mass is 294 g/mol. The highest BCUT2D eigenvalue weighted by molar-refractivity contribution is 4.94. The maximum Gasteiger partial charge on any atom is 0.0867 e. The highest BCUT2D eigenvalue weighted by Gasteiger charge is 2.47. The lowest BCUT2D eigenvalue weighted by molar-refractivity contribution is 0.318. The predicted molar refractivity (Wildman–Crippen MR) is 88.6 cm³/mol. The maximum atomic E-state index is 5.79. The van der Waals surface area contributed by atoms with E-state index in [1.165, 1.54) is 70.6 Å². The van der Waals surface area contributed by atoms with Gasteiger partial charge in [-0.1, -0.05) is 57.9 Å². The van der Waals surface area contributed by atoms with Crippen molar-refractivity contribution in [3.63, 3.8) is 0 Å². The highest BCUT2D eigenvalue weighted by Crippen LogP contribution is 2.39. The number of unbranched alkanes of at least 4 members (excludes halogenated alkanes) is 7. The van der Waals surface area contributed by atoms with Crippen LogP contribution in [-0.2, 0) is 9.47 Å². The standard InChI is InChI=1S/C19H34O2/c1-3-5-7-8-9-10-12-14-17-19(21-17)15-18-16(20-18)13-11-6-4-2/h3,16-19H,1,4-15H2,2H3/t16-,17-,18+,19+/m0/s1. The molecule has 0 unspecified atom stereocenters. The fraction of sp³-hybridized carbons (Fsp3) is 0.895. The molecule has 0 spiro atoms. The molecular formula is C19H34O2. The van der Waals surface area contributed by atoms with E-state index in [0.29, 0.717) is 24.4 Å². The number of hydrogen-bond donors (Lipinski definition) is 0. The second-order valence-corrected chi connectivity index (χ2v) is 6.79. The Morgan fingerprint density at radius 3 is 1.95 bits per heavy atom. The molecule has 122 valence electrons. The van der Waals surface area contributed by atoms with Crippen LogP contribution in [0.5, 0.6) is 0 Å². The molecule has 0 amide bonds. The van der Waals surface area contributed by atoms with Gasteiger partial charge in [0.05, 0.1) is 24.4 Å². The summed E-state index contributed by atoms with van der Waals surface area (Å²) in [5.41, 5.74) is 0. The first kappa shape index (κ1) is 17.0. The Labute approximate surface area is 131 Å². The van der Waals surface area contributed by atoms with Gasteiger partial charge in [0.25, 0.3) is 0 Å². The van der Waals surface area contributed by atoms with Crippen molar-refractivity contribution >= 4 is 0 Å². The summed E-state index contributed by atoms with van der Waals surface area (Å²) >= 11 is 0. The first-order chi connectivity index (χ1) is 10.3. The predicted octanol–water partition coefficient (Wildman–Crippen LogP) is 5.41. The molecule has 4 atom stereocenters. The molecular weight excluding hydrogens is 260 g/mol. The zero-order chi connectivity index (χ0) is 14.9. The third-order valence-electron chi connectivity index (χ3n) is 4.83. The zero-order valence-electron chi connectivity index (χ0n) is 13.9. The largest absolute Gasteiger partial charge is 0.369 e. The minimum absolute atomic E-state index is 0.520. The molecule has 2 nitrogen and oxygen atoms in total. The van der Waals surface area contributed by atoms with Gasteiger partial charge in [0, 0.05) is 6.42 Å². The van der Waals surface area contributed by atoms with E-state index in [-0.39, 0.29) is 0 Å². The number of epoxide rings is 2. The van der Waals surface area contributed by atoms with Crippen molar-refractivity contribution in [3.8, 4) is 0 Å². The van der Waals surface area contributed by atoms with E-state index in [9.17, 15) is 0 Å². The molecule has 2 rings (SSSR count). The summed E-state index contributed by atoms with van der Waals surface area (Å²) < 4.78 is 11.5. The number of hydrogen-bond acceptors (Lipinski definition) is 2. The van der Waals surface area contributed by atoms with E-state index in [1.807, 2.05) is 6.08 Å². The fourth-order valence-electron chi connectivity index (χ4n) is 3.27. The van der Waals surface area contributed by atoms with Gasteiger partial charge in [-0.25, -0.2) is 0 Å². The molecule has 0 N–H and O–H groups in total. The van der Waals surface area contributed by atoms with Crippen LogP contribution in [-0.4, -0.2) is 24.4 Å². The van der Waals surface area contributed by atoms with Crippen molar-refractivity contribution < 1.29 is 9.47 Å². The molecule has 0 saturated carbocycles. The van der Waals surface area contributed by atoms with Gasteiger partial charge in [-0.3, -0.25) is 0 Å². The summed E-state index contributed by atoms with van der Waals surface area (Å²) in [6, 6.07) is 0. The third kappa shape index (κ3) is 6.97. The Hall–Kier alpha value is -0.340. The molecule has 2 heteroatoms. The normalized spacial score (nSPS) is 30.3. The molecule has 2 aliphatic heterocycles. The molecule has 0 radical (unpaired) electrons. The average molecular weight is 294 g/mol. The van der Waals surface area contributed by atoms with E-state index in [1.54, 1.807) is 0 Å².